The molecule has 0 fully saturated rings. The molecule has 5 nitrogen and oxygen atoms in total. The van der Waals surface area contributed by atoms with Gasteiger partial charge in [-0.25, -0.2) is 0 Å². The molecule has 0 rings (SSSR count). The van der Waals surface area contributed by atoms with Crippen molar-refractivity contribution in [1.29, 1.82) is 0 Å². The maximum absolute atomic E-state index is 12.0. The van der Waals surface area contributed by atoms with E-state index in [9.17, 15) is 14.7 Å². The van der Waals surface area contributed by atoms with E-state index in [-0.39, 0.29) is 25.2 Å². The third-order valence-corrected chi connectivity index (χ3v) is 9.52. The summed E-state index contributed by atoms with van der Waals surface area (Å²) in [5, 5.41) is 10.0. The minimum atomic E-state index is -0.955. The maximum Gasteiger partial charge on any atom is 0.305 e. The number of carbonyl (C=O) groups is 2. The van der Waals surface area contributed by atoms with E-state index < -0.39 is 6.10 Å². The van der Waals surface area contributed by atoms with Crippen LogP contribution in [-0.4, -0.2) is 36.4 Å². The lowest BCUT2D eigenvalue weighted by Gasteiger charge is -2.12. The highest BCUT2D eigenvalue weighted by atomic mass is 16.6. The van der Waals surface area contributed by atoms with Crippen molar-refractivity contribution in [1.82, 2.24) is 0 Å². The number of aliphatic hydroxyl groups is 1. The Balaban J connectivity index is 3.37. The first kappa shape index (κ1) is 45.9. The number of unbranched alkanes of at least 4 members (excludes halogenated alkanes) is 28. The first-order chi connectivity index (χ1) is 23.0. The van der Waals surface area contributed by atoms with E-state index in [1.165, 1.54) is 173 Å². The van der Waals surface area contributed by atoms with Crippen LogP contribution in [0.15, 0.2) is 0 Å². The molecule has 0 unspecified atom stereocenters. The lowest BCUT2D eigenvalue weighted by atomic mass is 10.0. The SMILES string of the molecule is CCCCCCCCCCCCCCCCCCC(=O)OC[C@H](O)COC(=O)CCCCCCCCCCCCCCCCC(C)C. The number of esters is 2. The summed E-state index contributed by atoms with van der Waals surface area (Å²) in [6.07, 6.45) is 40.2. The highest BCUT2D eigenvalue weighted by molar-refractivity contribution is 5.69. The highest BCUT2D eigenvalue weighted by Gasteiger charge is 2.12. The Labute approximate surface area is 293 Å². The quantitative estimate of drug-likeness (QED) is 0.0524. The Morgan fingerprint density at radius 1 is 0.426 bits per heavy atom. The van der Waals surface area contributed by atoms with E-state index >= 15 is 0 Å². The van der Waals surface area contributed by atoms with Gasteiger partial charge in [0.15, 0.2) is 0 Å². The molecule has 0 saturated carbocycles. The molecule has 0 saturated heterocycles. The summed E-state index contributed by atoms with van der Waals surface area (Å²) in [5.41, 5.74) is 0. The molecule has 5 heteroatoms. The molecular formula is C42H82O5. The number of aliphatic hydroxyl groups excluding tert-OH is 1. The van der Waals surface area contributed by atoms with E-state index in [4.69, 9.17) is 9.47 Å². The molecule has 0 heterocycles. The molecule has 0 aromatic rings. The fourth-order valence-corrected chi connectivity index (χ4v) is 6.33. The summed E-state index contributed by atoms with van der Waals surface area (Å²) in [7, 11) is 0. The number of ether oxygens (including phenoxy) is 2. The van der Waals surface area contributed by atoms with Gasteiger partial charge in [0.05, 0.1) is 0 Å². The third kappa shape index (κ3) is 39.2. The van der Waals surface area contributed by atoms with Gasteiger partial charge in [-0.15, -0.1) is 0 Å². The molecule has 0 aromatic heterocycles. The highest BCUT2D eigenvalue weighted by Crippen LogP contribution is 2.16. The van der Waals surface area contributed by atoms with Gasteiger partial charge in [0, 0.05) is 12.8 Å². The molecule has 1 N–H and O–H groups in total. The minimum absolute atomic E-state index is 0.108. The van der Waals surface area contributed by atoms with Crippen molar-refractivity contribution in [2.24, 2.45) is 5.92 Å². The zero-order valence-corrected chi connectivity index (χ0v) is 32.0. The lowest BCUT2D eigenvalue weighted by molar-refractivity contribution is -0.152. The molecule has 0 amide bonds. The fourth-order valence-electron chi connectivity index (χ4n) is 6.33. The van der Waals surface area contributed by atoms with Crippen LogP contribution in [0.2, 0.25) is 0 Å². The van der Waals surface area contributed by atoms with Crippen LogP contribution in [0.5, 0.6) is 0 Å². The van der Waals surface area contributed by atoms with Crippen LogP contribution in [0.4, 0.5) is 0 Å². The predicted octanol–water partition coefficient (Wildman–Crippen LogP) is 13.0. The van der Waals surface area contributed by atoms with Crippen LogP contribution in [0.25, 0.3) is 0 Å². The average molecular weight is 667 g/mol. The van der Waals surface area contributed by atoms with Gasteiger partial charge in [-0.1, -0.05) is 207 Å². The number of rotatable bonds is 38. The Morgan fingerprint density at radius 3 is 0.957 bits per heavy atom. The van der Waals surface area contributed by atoms with Gasteiger partial charge in [-0.05, 0) is 18.8 Å². The molecule has 0 aliphatic carbocycles. The molecule has 0 aromatic carbocycles. The van der Waals surface area contributed by atoms with Crippen molar-refractivity contribution in [3.63, 3.8) is 0 Å². The van der Waals surface area contributed by atoms with E-state index in [2.05, 4.69) is 20.8 Å². The second kappa shape index (κ2) is 37.7. The van der Waals surface area contributed by atoms with Crippen LogP contribution in [0.1, 0.15) is 233 Å². The molecule has 280 valence electrons. The summed E-state index contributed by atoms with van der Waals surface area (Å²) >= 11 is 0. The largest absolute Gasteiger partial charge is 0.463 e. The van der Waals surface area contributed by atoms with Gasteiger partial charge < -0.3 is 14.6 Å². The van der Waals surface area contributed by atoms with Crippen LogP contribution in [-0.2, 0) is 19.1 Å². The Hall–Kier alpha value is -1.10. The summed E-state index contributed by atoms with van der Waals surface area (Å²) in [4.78, 5) is 24.0. The maximum atomic E-state index is 12.0. The first-order valence-electron chi connectivity index (χ1n) is 20.9. The second-order valence-electron chi connectivity index (χ2n) is 15.0. The summed E-state index contributed by atoms with van der Waals surface area (Å²) in [5.74, 6) is 0.303. The molecule has 1 atom stereocenters. The van der Waals surface area contributed by atoms with Crippen molar-refractivity contribution in [3.8, 4) is 0 Å². The zero-order valence-electron chi connectivity index (χ0n) is 32.0. The normalized spacial score (nSPS) is 12.1. The summed E-state index contributed by atoms with van der Waals surface area (Å²) in [6.45, 7) is 6.69. The molecule has 0 spiro atoms. The Kier molecular flexibility index (Phi) is 36.8. The molecule has 0 radical (unpaired) electrons. The van der Waals surface area contributed by atoms with Crippen LogP contribution >= 0.6 is 0 Å². The van der Waals surface area contributed by atoms with E-state index in [0.717, 1.165) is 31.6 Å². The third-order valence-electron chi connectivity index (χ3n) is 9.52. The van der Waals surface area contributed by atoms with Crippen LogP contribution in [0.3, 0.4) is 0 Å². The number of hydrogen-bond acceptors (Lipinski definition) is 5. The second-order valence-corrected chi connectivity index (χ2v) is 15.0. The fraction of sp³-hybridized carbons (Fsp3) is 0.952. The van der Waals surface area contributed by atoms with Gasteiger partial charge >= 0.3 is 11.9 Å². The lowest BCUT2D eigenvalue weighted by Crippen LogP contribution is -2.25. The van der Waals surface area contributed by atoms with E-state index in [0.29, 0.717) is 12.8 Å². The Bertz CT molecular complexity index is 649. The van der Waals surface area contributed by atoms with Crippen molar-refractivity contribution in [3.05, 3.63) is 0 Å². The van der Waals surface area contributed by atoms with Crippen LogP contribution < -0.4 is 0 Å². The van der Waals surface area contributed by atoms with Crippen molar-refractivity contribution in [2.75, 3.05) is 13.2 Å². The molecule has 0 aliphatic rings. The Morgan fingerprint density at radius 2 is 0.681 bits per heavy atom. The molecule has 0 bridgehead atoms. The minimum Gasteiger partial charge on any atom is -0.463 e. The van der Waals surface area contributed by atoms with Gasteiger partial charge in [0.2, 0.25) is 0 Å². The van der Waals surface area contributed by atoms with Crippen molar-refractivity contribution >= 4 is 11.9 Å². The molecule has 0 aliphatic heterocycles. The van der Waals surface area contributed by atoms with Gasteiger partial charge in [0.1, 0.15) is 19.3 Å². The van der Waals surface area contributed by atoms with Gasteiger partial charge in [-0.2, -0.15) is 0 Å². The van der Waals surface area contributed by atoms with Crippen molar-refractivity contribution < 1.29 is 24.2 Å². The predicted molar refractivity (Wildman–Crippen MR) is 201 cm³/mol. The molecule has 47 heavy (non-hydrogen) atoms. The number of carbonyl (C=O) groups excluding carboxylic acids is 2. The van der Waals surface area contributed by atoms with Gasteiger partial charge in [0.25, 0.3) is 0 Å². The average Bonchev–Trinajstić information content (AvgIpc) is 3.05. The smallest absolute Gasteiger partial charge is 0.305 e. The van der Waals surface area contributed by atoms with Crippen LogP contribution in [0, 0.1) is 5.92 Å². The van der Waals surface area contributed by atoms with Crippen molar-refractivity contribution in [2.45, 2.75) is 239 Å². The topological polar surface area (TPSA) is 72.8 Å². The summed E-state index contributed by atoms with van der Waals surface area (Å²) < 4.78 is 10.4. The standard InChI is InChI=1S/C42H82O5/c1-4-5-6-7-8-9-10-11-12-13-17-20-23-26-29-32-35-41(44)46-37-40(43)38-47-42(45)36-33-30-27-24-21-18-15-14-16-19-22-25-28-31-34-39(2)3/h39-40,43H,4-38H2,1-3H3/t40-/m0/s1. The van der Waals surface area contributed by atoms with E-state index in [1.54, 1.807) is 0 Å². The monoisotopic (exact) mass is 667 g/mol. The zero-order chi connectivity index (χ0) is 34.5. The molecular weight excluding hydrogens is 584 g/mol. The first-order valence-corrected chi connectivity index (χ1v) is 20.9. The summed E-state index contributed by atoms with van der Waals surface area (Å²) in [6, 6.07) is 0. The van der Waals surface area contributed by atoms with Gasteiger partial charge in [-0.3, -0.25) is 9.59 Å². The van der Waals surface area contributed by atoms with E-state index in [1.807, 2.05) is 0 Å². The number of hydrogen-bond donors (Lipinski definition) is 1.